The largest absolute Gasteiger partial charge is 0.325 e. The smallest absolute Gasteiger partial charge is 0.237 e. The number of aromatic nitrogens is 3. The predicted molar refractivity (Wildman–Crippen MR) is 97.6 cm³/mol. The predicted octanol–water partition coefficient (Wildman–Crippen LogP) is 4.35. The van der Waals surface area contributed by atoms with Gasteiger partial charge in [-0.15, -0.1) is 10.2 Å². The number of carbonyl (C=O) groups is 1. The Morgan fingerprint density at radius 2 is 2.26 bits per heavy atom. The highest BCUT2D eigenvalue weighted by molar-refractivity contribution is 9.10. The van der Waals surface area contributed by atoms with Crippen molar-refractivity contribution >= 4 is 39.3 Å². The van der Waals surface area contributed by atoms with Crippen LogP contribution < -0.4 is 5.32 Å². The molecule has 2 aromatic rings. The summed E-state index contributed by atoms with van der Waals surface area (Å²) in [5.41, 5.74) is 0.779. The van der Waals surface area contributed by atoms with Gasteiger partial charge in [0.1, 0.15) is 6.33 Å². The first-order chi connectivity index (χ1) is 11.1. The molecule has 0 radical (unpaired) electrons. The van der Waals surface area contributed by atoms with Crippen LogP contribution in [0.2, 0.25) is 0 Å². The van der Waals surface area contributed by atoms with Crippen molar-refractivity contribution in [1.82, 2.24) is 14.8 Å². The van der Waals surface area contributed by atoms with Gasteiger partial charge in [0, 0.05) is 16.7 Å². The summed E-state index contributed by atoms with van der Waals surface area (Å²) in [4.78, 5) is 12.3. The first kappa shape index (κ1) is 18.0. The van der Waals surface area contributed by atoms with E-state index in [9.17, 15) is 4.79 Å². The number of halogens is 1. The minimum absolute atomic E-state index is 0.0452. The van der Waals surface area contributed by atoms with Gasteiger partial charge in [0.25, 0.3) is 0 Å². The van der Waals surface area contributed by atoms with Gasteiger partial charge in [-0.1, -0.05) is 53.5 Å². The number of carbonyl (C=O) groups excluding carboxylic acids is 1. The normalized spacial score (nSPS) is 12.1. The fourth-order valence-corrected chi connectivity index (χ4v) is 3.29. The summed E-state index contributed by atoms with van der Waals surface area (Å²) in [6, 6.07) is 7.56. The van der Waals surface area contributed by atoms with Gasteiger partial charge in [0.05, 0.1) is 5.25 Å². The van der Waals surface area contributed by atoms with E-state index in [1.165, 1.54) is 24.6 Å². The quantitative estimate of drug-likeness (QED) is 0.532. The van der Waals surface area contributed by atoms with Crippen molar-refractivity contribution in [2.75, 3.05) is 5.32 Å². The zero-order valence-electron chi connectivity index (χ0n) is 13.3. The van der Waals surface area contributed by atoms with Crippen molar-refractivity contribution < 1.29 is 4.79 Å². The lowest BCUT2D eigenvalue weighted by Gasteiger charge is -2.12. The molecule has 1 heterocycles. The Morgan fingerprint density at radius 1 is 1.43 bits per heavy atom. The van der Waals surface area contributed by atoms with E-state index in [1.807, 2.05) is 35.8 Å². The van der Waals surface area contributed by atoms with E-state index < -0.39 is 0 Å². The molecule has 7 heteroatoms. The van der Waals surface area contributed by atoms with Crippen LogP contribution in [0.4, 0.5) is 5.69 Å². The highest BCUT2D eigenvalue weighted by Gasteiger charge is 2.18. The average molecular weight is 397 g/mol. The zero-order valence-corrected chi connectivity index (χ0v) is 15.7. The minimum atomic E-state index is -0.247. The first-order valence-corrected chi connectivity index (χ1v) is 9.38. The molecule has 1 aromatic carbocycles. The monoisotopic (exact) mass is 396 g/mol. The fraction of sp³-hybridized carbons (Fsp3) is 0.438. The van der Waals surface area contributed by atoms with Crippen LogP contribution in [-0.4, -0.2) is 25.9 Å². The molecule has 1 aromatic heterocycles. The van der Waals surface area contributed by atoms with Gasteiger partial charge in [0.15, 0.2) is 5.16 Å². The van der Waals surface area contributed by atoms with Gasteiger partial charge >= 0.3 is 0 Å². The number of hydrogen-bond acceptors (Lipinski definition) is 4. The number of amides is 1. The minimum Gasteiger partial charge on any atom is -0.325 e. The van der Waals surface area contributed by atoms with Crippen LogP contribution in [-0.2, 0) is 11.3 Å². The van der Waals surface area contributed by atoms with Crippen molar-refractivity contribution in [3.05, 3.63) is 35.1 Å². The Hall–Kier alpha value is -1.34. The lowest BCUT2D eigenvalue weighted by Crippen LogP contribution is -2.22. The number of anilines is 1. The van der Waals surface area contributed by atoms with Gasteiger partial charge in [-0.3, -0.25) is 4.79 Å². The Balaban J connectivity index is 1.92. The molecule has 2 rings (SSSR count). The van der Waals surface area contributed by atoms with Crippen LogP contribution in [0.1, 0.15) is 33.1 Å². The van der Waals surface area contributed by atoms with Gasteiger partial charge in [-0.05, 0) is 31.5 Å². The summed E-state index contributed by atoms with van der Waals surface area (Å²) < 4.78 is 2.95. The molecule has 0 aliphatic carbocycles. The molecule has 0 aliphatic heterocycles. The lowest BCUT2D eigenvalue weighted by molar-refractivity contribution is -0.115. The molecule has 0 aliphatic rings. The third-order valence-corrected chi connectivity index (χ3v) is 4.91. The van der Waals surface area contributed by atoms with Gasteiger partial charge in [0.2, 0.25) is 5.91 Å². The molecule has 1 amide bonds. The number of thioether (sulfide) groups is 1. The summed E-state index contributed by atoms with van der Waals surface area (Å²) in [7, 11) is 0. The van der Waals surface area contributed by atoms with E-state index in [1.54, 1.807) is 6.33 Å². The summed E-state index contributed by atoms with van der Waals surface area (Å²) in [5.74, 6) is -0.0452. The highest BCUT2D eigenvalue weighted by Crippen LogP contribution is 2.23. The van der Waals surface area contributed by atoms with E-state index in [2.05, 4.69) is 38.4 Å². The van der Waals surface area contributed by atoms with E-state index >= 15 is 0 Å². The van der Waals surface area contributed by atoms with Crippen molar-refractivity contribution in [3.63, 3.8) is 0 Å². The standard InChI is InChI=1S/C16H21BrN4OS/c1-3-4-5-9-21-11-18-20-16(21)23-12(2)15(22)19-14-8-6-7-13(17)10-14/h6-8,10-12H,3-5,9H2,1-2H3,(H,19,22)/t12-/m0/s1. The molecule has 0 spiro atoms. The number of unbranched alkanes of at least 4 members (excludes halogenated alkanes) is 2. The maximum absolute atomic E-state index is 12.3. The van der Waals surface area contributed by atoms with Crippen molar-refractivity contribution in [2.45, 2.75) is 50.1 Å². The number of aryl methyl sites for hydroxylation is 1. The Kier molecular flexibility index (Phi) is 7.11. The fourth-order valence-electron chi connectivity index (χ4n) is 2.04. The number of nitrogens with one attached hydrogen (secondary N) is 1. The second-order valence-electron chi connectivity index (χ2n) is 5.27. The second-order valence-corrected chi connectivity index (χ2v) is 7.50. The molecule has 0 unspecified atom stereocenters. The number of benzene rings is 1. The molecular weight excluding hydrogens is 376 g/mol. The SMILES string of the molecule is CCCCCn1cnnc1S[C@@H](C)C(=O)Nc1cccc(Br)c1. The molecule has 5 nitrogen and oxygen atoms in total. The maximum Gasteiger partial charge on any atom is 0.237 e. The third-order valence-electron chi connectivity index (χ3n) is 3.33. The molecule has 0 fully saturated rings. The number of nitrogens with zero attached hydrogens (tertiary/aromatic N) is 3. The Bertz CT molecular complexity index is 647. The topological polar surface area (TPSA) is 59.8 Å². The summed E-state index contributed by atoms with van der Waals surface area (Å²) >= 11 is 4.83. The maximum atomic E-state index is 12.3. The van der Waals surface area contributed by atoms with Crippen molar-refractivity contribution in [3.8, 4) is 0 Å². The molecule has 1 atom stereocenters. The van der Waals surface area contributed by atoms with Crippen molar-refractivity contribution in [2.24, 2.45) is 0 Å². The Labute approximate surface area is 149 Å². The molecule has 0 saturated carbocycles. The molecule has 23 heavy (non-hydrogen) atoms. The number of hydrogen-bond donors (Lipinski definition) is 1. The molecular formula is C16H21BrN4OS. The molecule has 0 bridgehead atoms. The second kappa shape index (κ2) is 9.08. The van der Waals surface area contributed by atoms with Crippen molar-refractivity contribution in [1.29, 1.82) is 0 Å². The van der Waals surface area contributed by atoms with Crippen LogP contribution in [0.25, 0.3) is 0 Å². The molecule has 1 N–H and O–H groups in total. The molecule has 124 valence electrons. The summed E-state index contributed by atoms with van der Waals surface area (Å²) in [6.45, 7) is 4.95. The van der Waals surface area contributed by atoms with Crippen LogP contribution in [0.15, 0.2) is 40.2 Å². The summed E-state index contributed by atoms with van der Waals surface area (Å²) in [5, 5.41) is 11.6. The van der Waals surface area contributed by atoms with Gasteiger partial charge < -0.3 is 9.88 Å². The first-order valence-electron chi connectivity index (χ1n) is 7.71. The summed E-state index contributed by atoms with van der Waals surface area (Å²) in [6.07, 6.45) is 5.19. The highest BCUT2D eigenvalue weighted by atomic mass is 79.9. The Morgan fingerprint density at radius 3 is 3.00 bits per heavy atom. The number of rotatable bonds is 8. The molecule has 0 saturated heterocycles. The zero-order chi connectivity index (χ0) is 16.7. The lowest BCUT2D eigenvalue weighted by atomic mass is 10.2. The van der Waals surface area contributed by atoms with E-state index in [0.717, 1.165) is 28.3 Å². The van der Waals surface area contributed by atoms with Gasteiger partial charge in [-0.2, -0.15) is 0 Å². The van der Waals surface area contributed by atoms with Crippen LogP contribution in [0.5, 0.6) is 0 Å². The van der Waals surface area contributed by atoms with E-state index in [-0.39, 0.29) is 11.2 Å². The van der Waals surface area contributed by atoms with E-state index in [4.69, 9.17) is 0 Å². The van der Waals surface area contributed by atoms with E-state index in [0.29, 0.717) is 0 Å². The van der Waals surface area contributed by atoms with Crippen LogP contribution in [0, 0.1) is 0 Å². The van der Waals surface area contributed by atoms with Crippen LogP contribution in [0.3, 0.4) is 0 Å². The van der Waals surface area contributed by atoms with Crippen LogP contribution >= 0.6 is 27.7 Å². The average Bonchev–Trinajstić information content (AvgIpc) is 2.95. The van der Waals surface area contributed by atoms with Gasteiger partial charge in [-0.25, -0.2) is 0 Å². The third kappa shape index (κ3) is 5.66.